The van der Waals surface area contributed by atoms with Gasteiger partial charge < -0.3 is 4.74 Å². The maximum atomic E-state index is 6.16. The molecule has 2 heterocycles. The molecule has 2 aliphatic heterocycles. The van der Waals surface area contributed by atoms with Crippen LogP contribution in [0.25, 0.3) is 0 Å². The van der Waals surface area contributed by atoms with Crippen molar-refractivity contribution in [3.05, 3.63) is 85.2 Å². The molecule has 3 aromatic rings. The highest BCUT2D eigenvalue weighted by molar-refractivity contribution is 5.74. The molecule has 5 nitrogen and oxygen atoms in total. The predicted molar refractivity (Wildman–Crippen MR) is 112 cm³/mol. The molecule has 5 heteroatoms. The third-order valence-electron chi connectivity index (χ3n) is 4.85. The zero-order chi connectivity index (χ0) is 19.8. The molecule has 0 saturated carbocycles. The largest absolute Gasteiger partial charge is 0.496 e. The molecule has 29 heavy (non-hydrogen) atoms. The van der Waals surface area contributed by atoms with E-state index in [1.54, 1.807) is 0 Å². The molecular weight excluding hydrogens is 360 g/mol. The number of hydrogen-bond acceptors (Lipinski definition) is 1. The van der Waals surface area contributed by atoms with Crippen molar-refractivity contribution in [2.75, 3.05) is 14.1 Å². The van der Waals surface area contributed by atoms with Gasteiger partial charge in [-0.15, -0.1) is 0 Å². The maximum absolute atomic E-state index is 6.16. The Morgan fingerprint density at radius 2 is 1.38 bits per heavy atom. The van der Waals surface area contributed by atoms with E-state index in [1.165, 1.54) is 0 Å². The number of ether oxygens (including phenoxy) is 1. The van der Waals surface area contributed by atoms with Crippen molar-refractivity contribution in [1.82, 2.24) is 4.58 Å². The van der Waals surface area contributed by atoms with Gasteiger partial charge in [0.2, 0.25) is 17.6 Å². The summed E-state index contributed by atoms with van der Waals surface area (Å²) in [5.41, 5.74) is 4.23. The molecule has 0 fully saturated rings. The lowest BCUT2D eigenvalue weighted by Crippen LogP contribution is -1.99. The third-order valence-corrected chi connectivity index (χ3v) is 4.85. The fourth-order valence-electron chi connectivity index (χ4n) is 3.46. The monoisotopic (exact) mass is 380 g/mol. The number of benzene rings is 3. The van der Waals surface area contributed by atoms with E-state index in [9.17, 15) is 0 Å². The Kier molecular flexibility index (Phi) is 4.03. The lowest BCUT2D eigenvalue weighted by atomic mass is 10.2. The topological polar surface area (TPSA) is 21.3 Å². The van der Waals surface area contributed by atoms with Gasteiger partial charge in [0.1, 0.15) is 11.5 Å². The quantitative estimate of drug-likeness (QED) is 0.600. The molecule has 0 atom stereocenters. The molecular formula is C24H20N4O+4. The van der Waals surface area contributed by atoms with Gasteiger partial charge in [0.25, 0.3) is 17.6 Å². The van der Waals surface area contributed by atoms with Crippen LogP contribution in [0.5, 0.6) is 11.5 Å². The zero-order valence-corrected chi connectivity index (χ0v) is 16.3. The van der Waals surface area contributed by atoms with Crippen LogP contribution < -0.4 is 9.31 Å². The molecule has 0 N–H and O–H groups in total. The molecule has 0 bridgehead atoms. The molecule has 3 aromatic carbocycles. The highest BCUT2D eigenvalue weighted by Gasteiger charge is 2.32. The van der Waals surface area contributed by atoms with E-state index in [0.29, 0.717) is 0 Å². The number of nitrogens with zero attached hydrogens (tertiary/aromatic N) is 4. The van der Waals surface area contributed by atoms with E-state index in [4.69, 9.17) is 4.74 Å². The predicted octanol–water partition coefficient (Wildman–Crippen LogP) is 4.72. The third kappa shape index (κ3) is 3.21. The first kappa shape index (κ1) is 17.1. The standard InChI is InChI=1S/C24H20N4O/c1-25-13-14-27(17-25)19-7-5-9-21(15-19)29-22-10-6-8-20(16-22)28-18-26(2)23-11-3-4-12-24(23)28/h3-16H,1-2H3/q+4. The first-order valence-electron chi connectivity index (χ1n) is 9.41. The van der Waals surface area contributed by atoms with Crippen molar-refractivity contribution >= 4 is 34.8 Å². The van der Waals surface area contributed by atoms with Gasteiger partial charge in [-0.25, -0.2) is 0 Å². The Hall–Kier alpha value is -4.04. The molecule has 0 spiro atoms. The van der Waals surface area contributed by atoms with E-state index in [-0.39, 0.29) is 0 Å². The second-order valence-corrected chi connectivity index (χ2v) is 6.96. The van der Waals surface area contributed by atoms with Crippen LogP contribution in [0.15, 0.2) is 85.2 Å². The van der Waals surface area contributed by atoms with E-state index in [1.807, 2.05) is 99.4 Å². The van der Waals surface area contributed by atoms with Gasteiger partial charge in [-0.1, -0.05) is 38.0 Å². The van der Waals surface area contributed by atoms with Crippen LogP contribution in [0.2, 0.25) is 0 Å². The van der Waals surface area contributed by atoms with Crippen molar-refractivity contribution in [2.24, 2.45) is 0 Å². The summed E-state index contributed by atoms with van der Waals surface area (Å²) in [7, 11) is 3.95. The van der Waals surface area contributed by atoms with Crippen molar-refractivity contribution in [3.8, 4) is 11.5 Å². The highest BCUT2D eigenvalue weighted by atomic mass is 16.5. The summed E-state index contributed by atoms with van der Waals surface area (Å²) >= 11 is 0. The van der Waals surface area contributed by atoms with Crippen molar-refractivity contribution in [1.29, 1.82) is 0 Å². The number of hydrogen-bond donors (Lipinski definition) is 0. The average Bonchev–Trinajstić information content (AvgIpc) is 3.32. The fraction of sp³-hybridized carbons (Fsp3) is 0.0833. The SMILES string of the molecule is C[N+]1=C=[N+](c2cccc(Oc3cccc([N+]4=C=[N+](C)c5ccccc54)c3)c2)C=C1. The van der Waals surface area contributed by atoms with Crippen LogP contribution >= 0.6 is 0 Å². The first-order valence-corrected chi connectivity index (χ1v) is 9.41. The Morgan fingerprint density at radius 1 is 0.690 bits per heavy atom. The second-order valence-electron chi connectivity index (χ2n) is 6.96. The molecule has 0 radical (unpaired) electrons. The van der Waals surface area contributed by atoms with Crippen LogP contribution in [0, 0.1) is 0 Å². The Balaban J connectivity index is 1.46. The average molecular weight is 380 g/mol. The summed E-state index contributed by atoms with van der Waals surface area (Å²) in [5.74, 6) is 1.55. The van der Waals surface area contributed by atoms with Gasteiger partial charge in [0, 0.05) is 24.3 Å². The summed E-state index contributed by atoms with van der Waals surface area (Å²) in [6, 6.07) is 30.8. The molecule has 2 aliphatic rings. The minimum atomic E-state index is 0.774. The number of rotatable bonds is 4. The van der Waals surface area contributed by atoms with Crippen LogP contribution in [-0.4, -0.2) is 39.8 Å². The Bertz CT molecular complexity index is 1320. The summed E-state index contributed by atoms with van der Waals surface area (Å²) < 4.78 is 14.0. The Labute approximate surface area is 169 Å². The van der Waals surface area contributed by atoms with Gasteiger partial charge in [0.15, 0.2) is 14.1 Å². The molecule has 0 amide bonds. The second kappa shape index (κ2) is 6.84. The molecule has 138 valence electrons. The minimum absolute atomic E-state index is 0.774. The highest BCUT2D eigenvalue weighted by Crippen LogP contribution is 2.34. The zero-order valence-electron chi connectivity index (χ0n) is 16.3. The van der Waals surface area contributed by atoms with Gasteiger partial charge >= 0.3 is 12.0 Å². The lowest BCUT2D eigenvalue weighted by molar-refractivity contribution is -0.429. The van der Waals surface area contributed by atoms with Crippen LogP contribution in [0.4, 0.5) is 22.7 Å². The summed E-state index contributed by atoms with van der Waals surface area (Å²) in [5, 5.41) is 0. The van der Waals surface area contributed by atoms with Crippen molar-refractivity contribution < 1.29 is 18.5 Å². The molecule has 0 aromatic heterocycles. The van der Waals surface area contributed by atoms with Crippen molar-refractivity contribution in [2.45, 2.75) is 0 Å². The Morgan fingerprint density at radius 3 is 2.10 bits per heavy atom. The maximum Gasteiger partial charge on any atom is 0.496 e. The normalized spacial score (nSPS) is 14.1. The smallest absolute Gasteiger partial charge is 0.457 e. The summed E-state index contributed by atoms with van der Waals surface area (Å²) in [4.78, 5) is 0. The minimum Gasteiger partial charge on any atom is -0.457 e. The summed E-state index contributed by atoms with van der Waals surface area (Å²) in [6.07, 6.45) is 3.92. The lowest BCUT2D eigenvalue weighted by Gasteiger charge is -2.05. The van der Waals surface area contributed by atoms with E-state index in [0.717, 1.165) is 34.2 Å². The van der Waals surface area contributed by atoms with E-state index < -0.39 is 0 Å². The van der Waals surface area contributed by atoms with E-state index in [2.05, 4.69) is 30.2 Å². The fourth-order valence-corrected chi connectivity index (χ4v) is 3.46. The number of fused-ring (bicyclic) bond motifs is 1. The van der Waals surface area contributed by atoms with Crippen LogP contribution in [0.3, 0.4) is 0 Å². The van der Waals surface area contributed by atoms with Gasteiger partial charge in [-0.3, -0.25) is 0 Å². The van der Waals surface area contributed by atoms with Gasteiger partial charge in [-0.2, -0.15) is 0 Å². The molecule has 0 aliphatic carbocycles. The van der Waals surface area contributed by atoms with E-state index >= 15 is 0 Å². The van der Waals surface area contributed by atoms with Gasteiger partial charge in [0.05, 0.1) is 12.1 Å². The van der Waals surface area contributed by atoms with Gasteiger partial charge in [-0.05, 0) is 16.7 Å². The number of para-hydroxylation sites is 2. The van der Waals surface area contributed by atoms with Crippen molar-refractivity contribution in [3.63, 3.8) is 0 Å². The summed E-state index contributed by atoms with van der Waals surface area (Å²) in [6.45, 7) is 0. The molecule has 0 unspecified atom stereocenters. The molecule has 0 saturated heterocycles. The van der Waals surface area contributed by atoms with Crippen LogP contribution in [-0.2, 0) is 0 Å². The van der Waals surface area contributed by atoms with Crippen LogP contribution in [0.1, 0.15) is 0 Å². The first-order chi connectivity index (χ1) is 14.2. The molecule has 5 rings (SSSR count).